The molecule has 0 saturated carbocycles. The number of carbonyl (C=O) groups excluding carboxylic acids is 1. The molecule has 1 aliphatic heterocycles. The fourth-order valence-corrected chi connectivity index (χ4v) is 2.51. The molecular formula is C15H26N2O2. The summed E-state index contributed by atoms with van der Waals surface area (Å²) in [5.41, 5.74) is -0.240. The molecule has 1 rings (SSSR count). The van der Waals surface area contributed by atoms with Crippen LogP contribution < -0.4 is 0 Å². The van der Waals surface area contributed by atoms with E-state index in [0.717, 1.165) is 45.3 Å². The van der Waals surface area contributed by atoms with Gasteiger partial charge in [-0.3, -0.25) is 4.79 Å². The van der Waals surface area contributed by atoms with Crippen molar-refractivity contribution in [3.05, 3.63) is 0 Å². The summed E-state index contributed by atoms with van der Waals surface area (Å²) in [6, 6.07) is 2.33. The first kappa shape index (κ1) is 16.0. The molecule has 1 heterocycles. The van der Waals surface area contributed by atoms with Gasteiger partial charge in [-0.15, -0.1) is 0 Å². The maximum atomic E-state index is 11.7. The molecule has 1 aliphatic rings. The lowest BCUT2D eigenvalue weighted by Crippen LogP contribution is -2.40. The second-order valence-corrected chi connectivity index (χ2v) is 5.99. The third-order valence-electron chi connectivity index (χ3n) is 3.70. The highest BCUT2D eigenvalue weighted by molar-refractivity contribution is 5.72. The third kappa shape index (κ3) is 5.61. The van der Waals surface area contributed by atoms with Crippen LogP contribution in [0, 0.1) is 22.7 Å². The van der Waals surface area contributed by atoms with Gasteiger partial charge in [0.2, 0.25) is 0 Å². The Labute approximate surface area is 116 Å². The first-order chi connectivity index (χ1) is 8.98. The van der Waals surface area contributed by atoms with Gasteiger partial charge in [-0.05, 0) is 59.5 Å². The minimum absolute atomic E-state index is 0.0395. The van der Waals surface area contributed by atoms with Crippen LogP contribution in [0.15, 0.2) is 0 Å². The molecule has 1 saturated heterocycles. The molecule has 0 aromatic carbocycles. The first-order valence-corrected chi connectivity index (χ1v) is 7.29. The summed E-state index contributed by atoms with van der Waals surface area (Å²) in [6.07, 6.45) is 3.92. The Hall–Kier alpha value is -1.08. The van der Waals surface area contributed by atoms with Crippen molar-refractivity contribution >= 4 is 5.97 Å². The number of piperidine rings is 1. The maximum Gasteiger partial charge on any atom is 0.310 e. The molecule has 0 amide bonds. The number of carbonyl (C=O) groups is 1. The lowest BCUT2D eigenvalue weighted by atomic mass is 9.89. The first-order valence-electron chi connectivity index (χ1n) is 7.29. The average molecular weight is 266 g/mol. The zero-order chi connectivity index (χ0) is 14.3. The molecule has 0 aliphatic carbocycles. The lowest BCUT2D eigenvalue weighted by molar-refractivity contribution is -0.149. The topological polar surface area (TPSA) is 53.3 Å². The minimum atomic E-state index is -0.240. The highest BCUT2D eigenvalue weighted by Crippen LogP contribution is 2.23. The molecule has 19 heavy (non-hydrogen) atoms. The summed E-state index contributed by atoms with van der Waals surface area (Å²) < 4.78 is 5.10. The van der Waals surface area contributed by atoms with E-state index in [-0.39, 0.29) is 17.3 Å². The molecule has 1 fully saturated rings. The van der Waals surface area contributed by atoms with E-state index < -0.39 is 0 Å². The van der Waals surface area contributed by atoms with Crippen LogP contribution in [0.5, 0.6) is 0 Å². The van der Waals surface area contributed by atoms with Gasteiger partial charge < -0.3 is 9.64 Å². The van der Waals surface area contributed by atoms with Crippen molar-refractivity contribution in [2.24, 2.45) is 11.3 Å². The third-order valence-corrected chi connectivity index (χ3v) is 3.70. The van der Waals surface area contributed by atoms with E-state index in [2.05, 4.69) is 11.0 Å². The van der Waals surface area contributed by atoms with Gasteiger partial charge >= 0.3 is 5.97 Å². The fourth-order valence-electron chi connectivity index (χ4n) is 2.51. The van der Waals surface area contributed by atoms with E-state index in [1.807, 2.05) is 20.8 Å². The van der Waals surface area contributed by atoms with Gasteiger partial charge in [-0.2, -0.15) is 5.26 Å². The van der Waals surface area contributed by atoms with Gasteiger partial charge in [0.05, 0.1) is 24.0 Å². The van der Waals surface area contributed by atoms with E-state index in [4.69, 9.17) is 10.00 Å². The quantitative estimate of drug-likeness (QED) is 0.693. The molecule has 4 heteroatoms. The van der Waals surface area contributed by atoms with Crippen LogP contribution in [-0.2, 0) is 9.53 Å². The Balaban J connectivity index is 2.31. The van der Waals surface area contributed by atoms with Crippen LogP contribution in [0.2, 0.25) is 0 Å². The molecule has 0 aromatic rings. The second kappa shape index (κ2) is 7.49. The number of nitrogens with zero attached hydrogens (tertiary/aromatic N) is 2. The molecule has 0 bridgehead atoms. The van der Waals surface area contributed by atoms with E-state index in [9.17, 15) is 4.79 Å². The Morgan fingerprint density at radius 2 is 2.26 bits per heavy atom. The summed E-state index contributed by atoms with van der Waals surface area (Å²) >= 11 is 0. The molecule has 1 atom stereocenters. The van der Waals surface area contributed by atoms with Gasteiger partial charge in [-0.25, -0.2) is 0 Å². The number of hydrogen-bond donors (Lipinski definition) is 0. The van der Waals surface area contributed by atoms with Crippen molar-refractivity contribution in [3.8, 4) is 6.07 Å². The van der Waals surface area contributed by atoms with Gasteiger partial charge in [0.1, 0.15) is 0 Å². The number of rotatable bonds is 6. The predicted octanol–water partition coefficient (Wildman–Crippen LogP) is 2.59. The molecule has 108 valence electrons. The molecule has 0 radical (unpaired) electrons. The summed E-state index contributed by atoms with van der Waals surface area (Å²) in [7, 11) is 0. The van der Waals surface area contributed by atoms with E-state index >= 15 is 0 Å². The molecule has 0 spiro atoms. The summed E-state index contributed by atoms with van der Waals surface area (Å²) in [5.74, 6) is -0.0118. The van der Waals surface area contributed by atoms with Crippen LogP contribution >= 0.6 is 0 Å². The SMILES string of the molecule is CCOC(=O)[C@H]1CCCN(CCCC(C)(C)C#N)C1. The van der Waals surface area contributed by atoms with Gasteiger partial charge in [0.25, 0.3) is 0 Å². The molecule has 0 N–H and O–H groups in total. The molecule has 0 unspecified atom stereocenters. The summed E-state index contributed by atoms with van der Waals surface area (Å²) in [6.45, 7) is 9.11. The number of hydrogen-bond acceptors (Lipinski definition) is 4. The van der Waals surface area contributed by atoms with Gasteiger partial charge in [0.15, 0.2) is 0 Å². The van der Waals surface area contributed by atoms with E-state index in [0.29, 0.717) is 6.61 Å². The largest absolute Gasteiger partial charge is 0.466 e. The van der Waals surface area contributed by atoms with Crippen molar-refractivity contribution in [3.63, 3.8) is 0 Å². The number of likely N-dealkylation sites (tertiary alicyclic amines) is 1. The monoisotopic (exact) mass is 266 g/mol. The van der Waals surface area contributed by atoms with Crippen LogP contribution in [0.3, 0.4) is 0 Å². The van der Waals surface area contributed by atoms with Crippen LogP contribution in [0.1, 0.15) is 46.5 Å². The summed E-state index contributed by atoms with van der Waals surface area (Å²) in [5, 5.41) is 8.98. The number of esters is 1. The average Bonchev–Trinajstić information content (AvgIpc) is 2.39. The Morgan fingerprint density at radius 3 is 2.89 bits per heavy atom. The zero-order valence-electron chi connectivity index (χ0n) is 12.4. The number of nitriles is 1. The van der Waals surface area contributed by atoms with Crippen LogP contribution in [0.4, 0.5) is 0 Å². The molecule has 0 aromatic heterocycles. The van der Waals surface area contributed by atoms with Gasteiger partial charge in [-0.1, -0.05) is 0 Å². The maximum absolute atomic E-state index is 11.7. The Kier molecular flexibility index (Phi) is 6.30. The molecule has 4 nitrogen and oxygen atoms in total. The second-order valence-electron chi connectivity index (χ2n) is 5.99. The van der Waals surface area contributed by atoms with Crippen LogP contribution in [0.25, 0.3) is 0 Å². The van der Waals surface area contributed by atoms with Crippen molar-refractivity contribution in [1.29, 1.82) is 5.26 Å². The van der Waals surface area contributed by atoms with Gasteiger partial charge in [0, 0.05) is 6.54 Å². The normalized spacial score (nSPS) is 20.8. The zero-order valence-corrected chi connectivity index (χ0v) is 12.4. The minimum Gasteiger partial charge on any atom is -0.466 e. The van der Waals surface area contributed by atoms with Crippen molar-refractivity contribution in [1.82, 2.24) is 4.90 Å². The van der Waals surface area contributed by atoms with Crippen molar-refractivity contribution in [2.75, 3.05) is 26.2 Å². The van der Waals surface area contributed by atoms with Crippen molar-refractivity contribution in [2.45, 2.75) is 46.5 Å². The fraction of sp³-hybridized carbons (Fsp3) is 0.867. The Bertz CT molecular complexity index is 334. The highest BCUT2D eigenvalue weighted by atomic mass is 16.5. The Morgan fingerprint density at radius 1 is 1.53 bits per heavy atom. The smallest absolute Gasteiger partial charge is 0.310 e. The van der Waals surface area contributed by atoms with E-state index in [1.54, 1.807) is 0 Å². The number of ether oxygens (including phenoxy) is 1. The highest BCUT2D eigenvalue weighted by Gasteiger charge is 2.26. The van der Waals surface area contributed by atoms with Crippen molar-refractivity contribution < 1.29 is 9.53 Å². The summed E-state index contributed by atoms with van der Waals surface area (Å²) in [4.78, 5) is 14.1. The predicted molar refractivity (Wildman–Crippen MR) is 74.4 cm³/mol. The van der Waals surface area contributed by atoms with Crippen LogP contribution in [-0.4, -0.2) is 37.1 Å². The standard InChI is InChI=1S/C15H26N2O2/c1-4-19-14(18)13-7-5-9-17(11-13)10-6-8-15(2,3)12-16/h13H,4-11H2,1-3H3/t13-/m0/s1. The molecular weight excluding hydrogens is 240 g/mol. The lowest BCUT2D eigenvalue weighted by Gasteiger charge is -2.31. The van der Waals surface area contributed by atoms with E-state index in [1.165, 1.54) is 0 Å².